The first-order chi connectivity index (χ1) is 7.70. The zero-order valence-electron chi connectivity index (χ0n) is 9.42. The highest BCUT2D eigenvalue weighted by Crippen LogP contribution is 2.25. The van der Waals surface area contributed by atoms with E-state index in [4.69, 9.17) is 0 Å². The maximum absolute atomic E-state index is 4.48. The maximum Gasteiger partial charge on any atom is 0.128 e. The smallest absolute Gasteiger partial charge is 0.128 e. The summed E-state index contributed by atoms with van der Waals surface area (Å²) in [6.07, 6.45) is 4.44. The van der Waals surface area contributed by atoms with Gasteiger partial charge in [-0.25, -0.2) is 4.98 Å². The third kappa shape index (κ3) is 2.77. The monoisotopic (exact) mass is 346 g/mol. The molecule has 16 heavy (non-hydrogen) atoms. The molecule has 0 aromatic carbocycles. The number of piperidine rings is 1. The van der Waals surface area contributed by atoms with Gasteiger partial charge in [0.05, 0.1) is 0 Å². The molecular formula is C12H16Br2N2. The average Bonchev–Trinajstić information content (AvgIpc) is 2.33. The Morgan fingerprint density at radius 3 is 2.69 bits per heavy atom. The predicted octanol–water partition coefficient (Wildman–Crippen LogP) is 3.76. The Bertz CT molecular complexity index is 360. The first-order valence-electron chi connectivity index (χ1n) is 5.63. The molecule has 0 unspecified atom stereocenters. The topological polar surface area (TPSA) is 16.1 Å². The Labute approximate surface area is 114 Å². The lowest BCUT2D eigenvalue weighted by Gasteiger charge is -2.32. The van der Waals surface area contributed by atoms with E-state index in [1.165, 1.54) is 18.4 Å². The summed E-state index contributed by atoms with van der Waals surface area (Å²) in [5.74, 6) is 1.96. The number of hydrogen-bond acceptors (Lipinski definition) is 2. The van der Waals surface area contributed by atoms with Crippen LogP contribution in [0.1, 0.15) is 18.4 Å². The van der Waals surface area contributed by atoms with Gasteiger partial charge in [-0.3, -0.25) is 0 Å². The van der Waals surface area contributed by atoms with Gasteiger partial charge in [0.1, 0.15) is 5.82 Å². The van der Waals surface area contributed by atoms with E-state index in [0.717, 1.165) is 34.6 Å². The molecule has 4 heteroatoms. The lowest BCUT2D eigenvalue weighted by atomic mass is 9.99. The van der Waals surface area contributed by atoms with Crippen molar-refractivity contribution in [2.24, 2.45) is 5.92 Å². The number of aryl methyl sites for hydroxylation is 1. The molecule has 0 saturated carbocycles. The van der Waals surface area contributed by atoms with Gasteiger partial charge in [0.15, 0.2) is 0 Å². The number of alkyl halides is 1. The fourth-order valence-electron chi connectivity index (χ4n) is 2.01. The lowest BCUT2D eigenvalue weighted by molar-refractivity contribution is 0.445. The molecule has 88 valence electrons. The minimum atomic E-state index is 0.841. The second-order valence-corrected chi connectivity index (χ2v) is 5.88. The van der Waals surface area contributed by atoms with Crippen LogP contribution in [0.25, 0.3) is 0 Å². The van der Waals surface area contributed by atoms with E-state index in [2.05, 4.69) is 54.7 Å². The average molecular weight is 348 g/mol. The van der Waals surface area contributed by atoms with Crippen molar-refractivity contribution in [3.8, 4) is 0 Å². The SMILES string of the molecule is Cc1cc(N2CCC(CBr)CC2)ncc1Br. The Morgan fingerprint density at radius 1 is 1.44 bits per heavy atom. The summed E-state index contributed by atoms with van der Waals surface area (Å²) < 4.78 is 1.09. The second-order valence-electron chi connectivity index (χ2n) is 4.38. The van der Waals surface area contributed by atoms with E-state index in [0.29, 0.717) is 0 Å². The van der Waals surface area contributed by atoms with E-state index < -0.39 is 0 Å². The van der Waals surface area contributed by atoms with Crippen molar-refractivity contribution < 1.29 is 0 Å². The van der Waals surface area contributed by atoms with Crippen LogP contribution in [0.3, 0.4) is 0 Å². The number of halogens is 2. The first kappa shape index (κ1) is 12.4. The highest BCUT2D eigenvalue weighted by Gasteiger charge is 2.19. The van der Waals surface area contributed by atoms with Crippen molar-refractivity contribution in [1.29, 1.82) is 0 Å². The van der Waals surface area contributed by atoms with Crippen molar-refractivity contribution >= 4 is 37.7 Å². The van der Waals surface area contributed by atoms with Crippen LogP contribution in [0.5, 0.6) is 0 Å². The number of rotatable bonds is 2. The van der Waals surface area contributed by atoms with Gasteiger partial charge in [-0.1, -0.05) is 15.9 Å². The van der Waals surface area contributed by atoms with Gasteiger partial charge in [0.25, 0.3) is 0 Å². The molecular weight excluding hydrogens is 332 g/mol. The van der Waals surface area contributed by atoms with Gasteiger partial charge in [-0.15, -0.1) is 0 Å². The molecule has 0 N–H and O–H groups in total. The molecule has 0 aliphatic carbocycles. The lowest BCUT2D eigenvalue weighted by Crippen LogP contribution is -2.34. The quantitative estimate of drug-likeness (QED) is 0.757. The molecule has 0 bridgehead atoms. The van der Waals surface area contributed by atoms with Crippen LogP contribution in [0.4, 0.5) is 5.82 Å². The van der Waals surface area contributed by atoms with E-state index in [9.17, 15) is 0 Å². The van der Waals surface area contributed by atoms with Gasteiger partial charge in [-0.05, 0) is 53.2 Å². The molecule has 1 fully saturated rings. The van der Waals surface area contributed by atoms with Crippen LogP contribution in [0.15, 0.2) is 16.7 Å². The first-order valence-corrected chi connectivity index (χ1v) is 7.55. The van der Waals surface area contributed by atoms with Gasteiger partial charge >= 0.3 is 0 Å². The summed E-state index contributed by atoms with van der Waals surface area (Å²) in [4.78, 5) is 6.87. The Morgan fingerprint density at radius 2 is 2.12 bits per heavy atom. The summed E-state index contributed by atoms with van der Waals surface area (Å²) in [5.41, 5.74) is 1.26. The summed E-state index contributed by atoms with van der Waals surface area (Å²) in [6, 6.07) is 2.17. The normalized spacial score (nSPS) is 17.8. The molecule has 2 heterocycles. The van der Waals surface area contributed by atoms with E-state index >= 15 is 0 Å². The predicted molar refractivity (Wildman–Crippen MR) is 75.4 cm³/mol. The van der Waals surface area contributed by atoms with Crippen LogP contribution in [-0.2, 0) is 0 Å². The van der Waals surface area contributed by atoms with Crippen LogP contribution >= 0.6 is 31.9 Å². The minimum absolute atomic E-state index is 0.841. The van der Waals surface area contributed by atoms with Crippen LogP contribution in [-0.4, -0.2) is 23.4 Å². The van der Waals surface area contributed by atoms with Gasteiger partial charge in [-0.2, -0.15) is 0 Å². The van der Waals surface area contributed by atoms with Crippen molar-refractivity contribution in [2.45, 2.75) is 19.8 Å². The third-order valence-corrected chi connectivity index (χ3v) is 4.94. The van der Waals surface area contributed by atoms with E-state index in [1.807, 2.05) is 6.20 Å². The van der Waals surface area contributed by atoms with Crippen molar-refractivity contribution in [2.75, 3.05) is 23.3 Å². The molecule has 1 aromatic rings. The minimum Gasteiger partial charge on any atom is -0.357 e. The van der Waals surface area contributed by atoms with E-state index in [-0.39, 0.29) is 0 Å². The Kier molecular flexibility index (Phi) is 4.25. The molecule has 1 aliphatic rings. The molecule has 1 saturated heterocycles. The summed E-state index contributed by atoms with van der Waals surface area (Å²) in [6.45, 7) is 4.37. The molecule has 0 radical (unpaired) electrons. The zero-order chi connectivity index (χ0) is 11.5. The number of nitrogens with zero attached hydrogens (tertiary/aromatic N) is 2. The molecule has 0 atom stereocenters. The van der Waals surface area contributed by atoms with Crippen LogP contribution in [0.2, 0.25) is 0 Å². The molecule has 0 spiro atoms. The number of aromatic nitrogens is 1. The number of hydrogen-bond donors (Lipinski definition) is 0. The number of pyridine rings is 1. The second kappa shape index (κ2) is 5.50. The maximum atomic E-state index is 4.48. The van der Waals surface area contributed by atoms with E-state index in [1.54, 1.807) is 0 Å². The Hall–Kier alpha value is -0.0900. The standard InChI is InChI=1S/C12H16Br2N2/c1-9-6-12(15-8-11(9)14)16-4-2-10(7-13)3-5-16/h6,8,10H,2-5,7H2,1H3. The fourth-order valence-corrected chi connectivity index (χ4v) is 2.88. The summed E-state index contributed by atoms with van der Waals surface area (Å²) in [7, 11) is 0. The molecule has 1 aliphatic heterocycles. The van der Waals surface area contributed by atoms with Gasteiger partial charge < -0.3 is 4.90 Å². The Balaban J connectivity index is 2.05. The van der Waals surface area contributed by atoms with Crippen LogP contribution < -0.4 is 4.90 Å². The fraction of sp³-hybridized carbons (Fsp3) is 0.583. The van der Waals surface area contributed by atoms with Gasteiger partial charge in [0, 0.05) is 29.1 Å². The summed E-state index contributed by atoms with van der Waals surface area (Å²) in [5, 5.41) is 1.13. The molecule has 2 rings (SSSR count). The molecule has 2 nitrogen and oxygen atoms in total. The van der Waals surface area contributed by atoms with Crippen LogP contribution in [0, 0.1) is 12.8 Å². The van der Waals surface area contributed by atoms with Crippen molar-refractivity contribution in [3.05, 3.63) is 22.3 Å². The zero-order valence-corrected chi connectivity index (χ0v) is 12.6. The number of anilines is 1. The summed E-state index contributed by atoms with van der Waals surface area (Å²) >= 11 is 7.05. The highest BCUT2D eigenvalue weighted by atomic mass is 79.9. The third-order valence-electron chi connectivity index (χ3n) is 3.19. The van der Waals surface area contributed by atoms with Crippen molar-refractivity contribution in [3.63, 3.8) is 0 Å². The van der Waals surface area contributed by atoms with Crippen molar-refractivity contribution in [1.82, 2.24) is 4.98 Å². The van der Waals surface area contributed by atoms with Gasteiger partial charge in [0.2, 0.25) is 0 Å². The molecule has 1 aromatic heterocycles. The highest BCUT2D eigenvalue weighted by molar-refractivity contribution is 9.10. The molecule has 0 amide bonds. The largest absolute Gasteiger partial charge is 0.357 e.